The number of carbonyl (C=O) groups is 1. The smallest absolute Gasteiger partial charge is 0.497 e. The van der Waals surface area contributed by atoms with E-state index >= 15 is 0 Å². The van der Waals surface area contributed by atoms with Crippen LogP contribution in [-0.4, -0.2) is 43.3 Å². The van der Waals surface area contributed by atoms with Crippen LogP contribution in [0.2, 0.25) is 0 Å². The molecule has 0 aliphatic carbocycles. The van der Waals surface area contributed by atoms with Crippen molar-refractivity contribution in [3.63, 3.8) is 0 Å². The van der Waals surface area contributed by atoms with Gasteiger partial charge in [0.1, 0.15) is 5.75 Å². The second kappa shape index (κ2) is 4.73. The number of hydrogen-bond donors (Lipinski definition) is 0. The zero-order valence-corrected chi connectivity index (χ0v) is 14.0. The molecule has 0 spiro atoms. The molecule has 0 radical (unpaired) electrons. The van der Waals surface area contributed by atoms with Crippen molar-refractivity contribution in [1.82, 2.24) is 4.90 Å². The highest BCUT2D eigenvalue weighted by Gasteiger charge is 2.52. The monoisotopic (exact) mass is 303 g/mol. The van der Waals surface area contributed by atoms with Gasteiger partial charge in [-0.2, -0.15) is 0 Å². The first-order chi connectivity index (χ1) is 10.2. The Kier molecular flexibility index (Phi) is 3.31. The molecule has 1 amide bonds. The number of ether oxygens (including phenoxy) is 1. The van der Waals surface area contributed by atoms with Gasteiger partial charge in [0, 0.05) is 24.6 Å². The number of rotatable bonds is 2. The van der Waals surface area contributed by atoms with Crippen LogP contribution in [0.1, 0.15) is 43.6 Å². The number of amides is 1. The summed E-state index contributed by atoms with van der Waals surface area (Å²) in [5.74, 6) is 0.648. The van der Waals surface area contributed by atoms with Crippen molar-refractivity contribution in [1.29, 1.82) is 0 Å². The highest BCUT2D eigenvalue weighted by Crippen LogP contribution is 2.37. The lowest BCUT2D eigenvalue weighted by Crippen LogP contribution is -2.41. The number of carbonyl (C=O) groups excluding carboxylic acids is 1. The lowest BCUT2D eigenvalue weighted by atomic mass is 9.77. The number of nitrogens with zero attached hydrogens (tertiary/aromatic N) is 1. The van der Waals surface area contributed by atoms with Crippen molar-refractivity contribution < 1.29 is 18.8 Å². The molecule has 0 saturated carbocycles. The molecular weight excluding hydrogens is 281 g/mol. The van der Waals surface area contributed by atoms with Crippen LogP contribution >= 0.6 is 0 Å². The van der Waals surface area contributed by atoms with Crippen molar-refractivity contribution in [2.24, 2.45) is 0 Å². The lowest BCUT2D eigenvalue weighted by molar-refractivity contribution is 0.00578. The van der Waals surface area contributed by atoms with Crippen molar-refractivity contribution in [2.75, 3.05) is 14.2 Å². The molecule has 2 aliphatic rings. The quantitative estimate of drug-likeness (QED) is 0.778. The van der Waals surface area contributed by atoms with E-state index in [4.69, 9.17) is 14.0 Å². The normalized spacial score (nSPS) is 22.2. The molecule has 0 N–H and O–H groups in total. The fraction of sp³-hybridized carbons (Fsp3) is 0.562. The molecular formula is C16H22BNO4. The molecule has 0 bridgehead atoms. The van der Waals surface area contributed by atoms with Gasteiger partial charge >= 0.3 is 7.12 Å². The van der Waals surface area contributed by atoms with Crippen LogP contribution in [0.3, 0.4) is 0 Å². The first-order valence-electron chi connectivity index (χ1n) is 7.48. The molecule has 1 fully saturated rings. The van der Waals surface area contributed by atoms with E-state index in [1.807, 2.05) is 33.8 Å². The van der Waals surface area contributed by atoms with Crippen LogP contribution in [0.5, 0.6) is 5.75 Å². The van der Waals surface area contributed by atoms with E-state index in [1.54, 1.807) is 25.1 Å². The van der Waals surface area contributed by atoms with Gasteiger partial charge < -0.3 is 18.9 Å². The first-order valence-corrected chi connectivity index (χ1v) is 7.48. The Morgan fingerprint density at radius 1 is 1.18 bits per heavy atom. The average Bonchev–Trinajstić information content (AvgIpc) is 2.82. The summed E-state index contributed by atoms with van der Waals surface area (Å²) in [6.07, 6.45) is 0. The van der Waals surface area contributed by atoms with Crippen LogP contribution in [0.15, 0.2) is 12.1 Å². The summed E-state index contributed by atoms with van der Waals surface area (Å²) in [7, 11) is 2.90. The molecule has 22 heavy (non-hydrogen) atoms. The Morgan fingerprint density at radius 3 is 2.32 bits per heavy atom. The van der Waals surface area contributed by atoms with Gasteiger partial charge in [-0.3, -0.25) is 4.79 Å². The zero-order chi connectivity index (χ0) is 16.3. The van der Waals surface area contributed by atoms with E-state index in [0.717, 1.165) is 11.0 Å². The predicted octanol–water partition coefficient (Wildman–Crippen LogP) is 1.58. The third kappa shape index (κ3) is 2.13. The SMILES string of the molecule is COc1cc2c(cc1B1OC(C)(C)C(C)(C)O1)CN(C)C2=O. The molecule has 0 atom stereocenters. The Labute approximate surface area is 131 Å². The summed E-state index contributed by atoms with van der Waals surface area (Å²) in [5, 5.41) is 0. The Morgan fingerprint density at radius 2 is 1.77 bits per heavy atom. The summed E-state index contributed by atoms with van der Waals surface area (Å²) in [6, 6.07) is 3.76. The maximum atomic E-state index is 12.1. The van der Waals surface area contributed by atoms with E-state index in [2.05, 4.69) is 0 Å². The van der Waals surface area contributed by atoms with E-state index in [1.165, 1.54) is 0 Å². The molecule has 3 rings (SSSR count). The molecule has 2 heterocycles. The number of methoxy groups -OCH3 is 1. The maximum absolute atomic E-state index is 12.1. The van der Waals surface area contributed by atoms with Gasteiger partial charge in [0.05, 0.1) is 18.3 Å². The van der Waals surface area contributed by atoms with Crippen molar-refractivity contribution in [3.05, 3.63) is 23.3 Å². The molecule has 1 aromatic carbocycles. The minimum atomic E-state index is -0.494. The second-order valence-electron chi connectivity index (χ2n) is 7.00. The van der Waals surface area contributed by atoms with Gasteiger partial charge in [0.2, 0.25) is 0 Å². The summed E-state index contributed by atoms with van der Waals surface area (Å²) in [5.41, 5.74) is 1.70. The standard InChI is InChI=1S/C16H22BNO4/c1-15(2)16(3,4)22-17(21-15)12-7-10-9-18(5)14(19)11(10)8-13(12)20-6/h7-8H,9H2,1-6H3. The molecule has 5 nitrogen and oxygen atoms in total. The predicted molar refractivity (Wildman–Crippen MR) is 84.5 cm³/mol. The largest absolute Gasteiger partial charge is 0.498 e. The lowest BCUT2D eigenvalue weighted by Gasteiger charge is -2.32. The third-order valence-corrected chi connectivity index (χ3v) is 4.95. The molecule has 1 saturated heterocycles. The Hall–Kier alpha value is -1.53. The van der Waals surface area contributed by atoms with Gasteiger partial charge in [-0.15, -0.1) is 0 Å². The average molecular weight is 303 g/mol. The van der Waals surface area contributed by atoms with E-state index in [9.17, 15) is 4.79 Å². The zero-order valence-electron chi connectivity index (χ0n) is 14.0. The Balaban J connectivity index is 2.03. The fourth-order valence-corrected chi connectivity index (χ4v) is 2.84. The van der Waals surface area contributed by atoms with E-state index < -0.39 is 18.3 Å². The van der Waals surface area contributed by atoms with E-state index in [-0.39, 0.29) is 5.91 Å². The third-order valence-electron chi connectivity index (χ3n) is 4.95. The molecule has 0 unspecified atom stereocenters. The van der Waals surface area contributed by atoms with Gasteiger partial charge in [-0.1, -0.05) is 6.07 Å². The minimum Gasteiger partial charge on any atom is -0.497 e. The fourth-order valence-electron chi connectivity index (χ4n) is 2.84. The molecule has 6 heteroatoms. The molecule has 118 valence electrons. The van der Waals surface area contributed by atoms with Crippen LogP contribution in [0.25, 0.3) is 0 Å². The summed E-state index contributed by atoms with van der Waals surface area (Å²) in [4.78, 5) is 13.8. The number of hydrogen-bond acceptors (Lipinski definition) is 4. The first kappa shape index (κ1) is 15.4. The van der Waals surface area contributed by atoms with Crippen molar-refractivity contribution in [3.8, 4) is 5.75 Å². The highest BCUT2D eigenvalue weighted by atomic mass is 16.7. The van der Waals surface area contributed by atoms with Crippen LogP contribution < -0.4 is 10.2 Å². The molecule has 1 aromatic rings. The Bertz CT molecular complexity index is 625. The van der Waals surface area contributed by atoms with Gasteiger partial charge in [-0.25, -0.2) is 0 Å². The van der Waals surface area contributed by atoms with Gasteiger partial charge in [-0.05, 0) is 39.3 Å². The van der Waals surface area contributed by atoms with Crippen LogP contribution in [0, 0.1) is 0 Å². The van der Waals surface area contributed by atoms with Crippen molar-refractivity contribution >= 4 is 18.5 Å². The maximum Gasteiger partial charge on any atom is 0.498 e. The topological polar surface area (TPSA) is 48.0 Å². The van der Waals surface area contributed by atoms with Crippen LogP contribution in [-0.2, 0) is 15.9 Å². The molecule has 2 aliphatic heterocycles. The minimum absolute atomic E-state index is 0.0220. The highest BCUT2D eigenvalue weighted by molar-refractivity contribution is 6.63. The number of benzene rings is 1. The van der Waals surface area contributed by atoms with Crippen LogP contribution in [0.4, 0.5) is 0 Å². The number of fused-ring (bicyclic) bond motifs is 1. The van der Waals surface area contributed by atoms with Gasteiger partial charge in [0.25, 0.3) is 5.91 Å². The molecule has 0 aromatic heterocycles. The van der Waals surface area contributed by atoms with Gasteiger partial charge in [0.15, 0.2) is 0 Å². The van der Waals surface area contributed by atoms with E-state index in [0.29, 0.717) is 17.9 Å². The summed E-state index contributed by atoms with van der Waals surface area (Å²) < 4.78 is 17.7. The second-order valence-corrected chi connectivity index (χ2v) is 7.00. The van der Waals surface area contributed by atoms with Crippen molar-refractivity contribution in [2.45, 2.75) is 45.4 Å². The summed E-state index contributed by atoms with van der Waals surface area (Å²) in [6.45, 7) is 8.67. The summed E-state index contributed by atoms with van der Waals surface area (Å²) >= 11 is 0.